The van der Waals surface area contributed by atoms with Crippen molar-refractivity contribution in [3.05, 3.63) is 29.8 Å². The van der Waals surface area contributed by atoms with E-state index in [1.165, 1.54) is 0 Å². The van der Waals surface area contributed by atoms with Crippen LogP contribution in [0.1, 0.15) is 19.4 Å². The van der Waals surface area contributed by atoms with Gasteiger partial charge in [-0.25, -0.2) is 4.79 Å². The third kappa shape index (κ3) is 4.89. The van der Waals surface area contributed by atoms with E-state index in [4.69, 9.17) is 9.84 Å². The van der Waals surface area contributed by atoms with Gasteiger partial charge in [0, 0.05) is 5.56 Å². The van der Waals surface area contributed by atoms with E-state index in [1.54, 1.807) is 18.2 Å². The van der Waals surface area contributed by atoms with Crippen LogP contribution < -0.4 is 5.32 Å². The van der Waals surface area contributed by atoms with E-state index in [1.807, 2.05) is 19.9 Å². The highest BCUT2D eigenvalue weighted by molar-refractivity contribution is 5.86. The third-order valence-electron chi connectivity index (χ3n) is 2.01. The fourth-order valence-corrected chi connectivity index (χ4v) is 1.22. The molecule has 1 aromatic carbocycles. The fraction of sp³-hybridized carbons (Fsp3) is 0.357. The predicted octanol–water partition coefficient (Wildman–Crippen LogP) is 2.23. The number of nitrogens with one attached hydrogen (secondary N) is 1. The number of rotatable bonds is 3. The first-order valence-electron chi connectivity index (χ1n) is 5.76. The molecule has 4 heteroatoms. The van der Waals surface area contributed by atoms with Crippen LogP contribution >= 0.6 is 0 Å². The number of ether oxygens (including phenoxy) is 1. The van der Waals surface area contributed by atoms with E-state index < -0.39 is 6.09 Å². The number of para-hydroxylation sites is 1. The second-order valence-corrected chi connectivity index (χ2v) is 4.12. The first-order chi connectivity index (χ1) is 8.63. The predicted molar refractivity (Wildman–Crippen MR) is 70.2 cm³/mol. The van der Waals surface area contributed by atoms with Gasteiger partial charge in [0.05, 0.1) is 12.3 Å². The van der Waals surface area contributed by atoms with Crippen molar-refractivity contribution in [3.63, 3.8) is 0 Å². The van der Waals surface area contributed by atoms with Gasteiger partial charge in [-0.1, -0.05) is 37.8 Å². The van der Waals surface area contributed by atoms with Gasteiger partial charge in [0.1, 0.15) is 6.61 Å². The summed E-state index contributed by atoms with van der Waals surface area (Å²) in [5.41, 5.74) is 1.22. The van der Waals surface area contributed by atoms with Gasteiger partial charge in [-0.15, -0.1) is 0 Å². The summed E-state index contributed by atoms with van der Waals surface area (Å²) in [6.45, 7) is 4.09. The van der Waals surface area contributed by atoms with Crippen molar-refractivity contribution in [2.45, 2.75) is 13.8 Å². The lowest BCUT2D eigenvalue weighted by atomic mass is 10.2. The molecule has 0 saturated carbocycles. The molecule has 0 aliphatic carbocycles. The van der Waals surface area contributed by atoms with E-state index in [9.17, 15) is 4.79 Å². The normalized spacial score (nSPS) is 9.56. The summed E-state index contributed by atoms with van der Waals surface area (Å²) in [4.78, 5) is 11.5. The van der Waals surface area contributed by atoms with Crippen LogP contribution in [-0.2, 0) is 4.74 Å². The molecule has 0 heterocycles. The van der Waals surface area contributed by atoms with Gasteiger partial charge in [-0.2, -0.15) is 0 Å². The second kappa shape index (κ2) is 7.36. The van der Waals surface area contributed by atoms with Gasteiger partial charge in [0.2, 0.25) is 0 Å². The Bertz CT molecular complexity index is 458. The largest absolute Gasteiger partial charge is 0.449 e. The molecule has 0 atom stereocenters. The summed E-state index contributed by atoms with van der Waals surface area (Å²) in [6, 6.07) is 7.10. The molecule has 0 saturated heterocycles. The van der Waals surface area contributed by atoms with Crippen molar-refractivity contribution < 1.29 is 14.6 Å². The average molecular weight is 247 g/mol. The number of carbonyl (C=O) groups excluding carboxylic acids is 1. The number of anilines is 1. The molecule has 0 aliphatic rings. The molecule has 2 N–H and O–H groups in total. The Morgan fingerprint density at radius 2 is 2.17 bits per heavy atom. The number of carbonyl (C=O) groups is 1. The fourth-order valence-electron chi connectivity index (χ4n) is 1.22. The van der Waals surface area contributed by atoms with E-state index in [0.717, 1.165) is 0 Å². The van der Waals surface area contributed by atoms with Crippen molar-refractivity contribution in [2.24, 2.45) is 5.92 Å². The summed E-state index contributed by atoms with van der Waals surface area (Å²) in [5, 5.41) is 11.3. The highest BCUT2D eigenvalue weighted by Gasteiger charge is 2.06. The molecular weight excluding hydrogens is 230 g/mol. The molecule has 1 rings (SSSR count). The van der Waals surface area contributed by atoms with Crippen LogP contribution in [0.15, 0.2) is 24.3 Å². The topological polar surface area (TPSA) is 58.6 Å². The molecule has 0 bridgehead atoms. The minimum atomic E-state index is -0.498. The molecule has 0 radical (unpaired) electrons. The Morgan fingerprint density at radius 3 is 2.83 bits per heavy atom. The Labute approximate surface area is 107 Å². The van der Waals surface area contributed by atoms with Crippen LogP contribution in [0, 0.1) is 17.8 Å². The van der Waals surface area contributed by atoms with Crippen LogP contribution in [0.25, 0.3) is 0 Å². The van der Waals surface area contributed by atoms with Crippen LogP contribution in [-0.4, -0.2) is 24.4 Å². The SMILES string of the molecule is CC(C)COC(=O)Nc1ccccc1C#CCO. The summed E-state index contributed by atoms with van der Waals surface area (Å²) >= 11 is 0. The maximum absolute atomic E-state index is 11.5. The van der Waals surface area contributed by atoms with Crippen LogP contribution in [0.2, 0.25) is 0 Å². The van der Waals surface area contributed by atoms with Crippen molar-refractivity contribution in [3.8, 4) is 11.8 Å². The van der Waals surface area contributed by atoms with E-state index in [0.29, 0.717) is 23.8 Å². The van der Waals surface area contributed by atoms with Gasteiger partial charge in [-0.05, 0) is 18.1 Å². The Kier molecular flexibility index (Phi) is 5.75. The van der Waals surface area contributed by atoms with Gasteiger partial charge in [0.15, 0.2) is 0 Å². The van der Waals surface area contributed by atoms with Crippen molar-refractivity contribution in [2.75, 3.05) is 18.5 Å². The first kappa shape index (κ1) is 14.1. The number of hydrogen-bond donors (Lipinski definition) is 2. The zero-order chi connectivity index (χ0) is 13.4. The minimum Gasteiger partial charge on any atom is -0.449 e. The Morgan fingerprint density at radius 1 is 1.44 bits per heavy atom. The molecule has 0 unspecified atom stereocenters. The van der Waals surface area contributed by atoms with Crippen LogP contribution in [0.5, 0.6) is 0 Å². The Hall–Kier alpha value is -1.99. The van der Waals surface area contributed by atoms with Gasteiger partial charge < -0.3 is 9.84 Å². The van der Waals surface area contributed by atoms with E-state index in [2.05, 4.69) is 17.2 Å². The minimum absolute atomic E-state index is 0.216. The molecule has 0 aliphatic heterocycles. The standard InChI is InChI=1S/C14H17NO3/c1-11(2)10-18-14(17)15-13-8-4-3-6-12(13)7-5-9-16/h3-4,6,8,11,16H,9-10H2,1-2H3,(H,15,17). The molecule has 1 amide bonds. The molecule has 4 nitrogen and oxygen atoms in total. The highest BCUT2D eigenvalue weighted by Crippen LogP contribution is 2.14. The smallest absolute Gasteiger partial charge is 0.411 e. The maximum atomic E-state index is 11.5. The molecular formula is C14H17NO3. The molecule has 18 heavy (non-hydrogen) atoms. The van der Waals surface area contributed by atoms with Gasteiger partial charge >= 0.3 is 6.09 Å². The molecule has 0 aromatic heterocycles. The van der Waals surface area contributed by atoms with E-state index >= 15 is 0 Å². The monoisotopic (exact) mass is 247 g/mol. The number of aliphatic hydroxyl groups excluding tert-OH is 1. The van der Waals surface area contributed by atoms with Crippen molar-refractivity contribution in [1.82, 2.24) is 0 Å². The van der Waals surface area contributed by atoms with Crippen molar-refractivity contribution in [1.29, 1.82) is 0 Å². The van der Waals surface area contributed by atoms with Crippen molar-refractivity contribution >= 4 is 11.8 Å². The third-order valence-corrected chi connectivity index (χ3v) is 2.01. The van der Waals surface area contributed by atoms with Crippen LogP contribution in [0.4, 0.5) is 10.5 Å². The first-order valence-corrected chi connectivity index (χ1v) is 5.76. The number of aliphatic hydroxyl groups is 1. The Balaban J connectivity index is 2.69. The second-order valence-electron chi connectivity index (χ2n) is 4.12. The number of amides is 1. The lowest BCUT2D eigenvalue weighted by Gasteiger charge is -2.09. The summed E-state index contributed by atoms with van der Waals surface area (Å²) < 4.78 is 5.02. The summed E-state index contributed by atoms with van der Waals surface area (Å²) in [7, 11) is 0. The molecule has 1 aromatic rings. The molecule has 0 spiro atoms. The number of benzene rings is 1. The highest BCUT2D eigenvalue weighted by atomic mass is 16.5. The molecule has 0 fully saturated rings. The quantitative estimate of drug-likeness (QED) is 0.805. The lowest BCUT2D eigenvalue weighted by molar-refractivity contribution is 0.147. The average Bonchev–Trinajstić information content (AvgIpc) is 2.35. The van der Waals surface area contributed by atoms with Crippen LogP contribution in [0.3, 0.4) is 0 Å². The zero-order valence-electron chi connectivity index (χ0n) is 10.6. The zero-order valence-corrected chi connectivity index (χ0v) is 10.6. The lowest BCUT2D eigenvalue weighted by Crippen LogP contribution is -2.17. The summed E-state index contributed by atoms with van der Waals surface area (Å²) in [6.07, 6.45) is -0.498. The molecule has 96 valence electrons. The van der Waals surface area contributed by atoms with Gasteiger partial charge in [-0.3, -0.25) is 5.32 Å². The van der Waals surface area contributed by atoms with E-state index in [-0.39, 0.29) is 6.61 Å². The number of hydrogen-bond acceptors (Lipinski definition) is 3. The maximum Gasteiger partial charge on any atom is 0.411 e. The van der Waals surface area contributed by atoms with Gasteiger partial charge in [0.25, 0.3) is 0 Å². The summed E-state index contributed by atoms with van der Waals surface area (Å²) in [5.74, 6) is 5.60.